The maximum Gasteiger partial charge on any atom is 0.233 e. The third kappa shape index (κ3) is 2.92. The van der Waals surface area contributed by atoms with Gasteiger partial charge in [-0.2, -0.15) is 5.10 Å². The Morgan fingerprint density at radius 2 is 2.00 bits per heavy atom. The van der Waals surface area contributed by atoms with E-state index in [0.29, 0.717) is 18.5 Å². The molecule has 0 amide bonds. The first-order valence-electron chi connectivity index (χ1n) is 5.97. The van der Waals surface area contributed by atoms with Gasteiger partial charge >= 0.3 is 0 Å². The first kappa shape index (κ1) is 11.3. The SMILES string of the molecule is CC1CCC(Oc2ccc(CN)nn2)CC1. The number of rotatable bonds is 3. The smallest absolute Gasteiger partial charge is 0.233 e. The maximum atomic E-state index is 5.79. The monoisotopic (exact) mass is 221 g/mol. The van der Waals surface area contributed by atoms with Gasteiger partial charge in [0.2, 0.25) is 5.88 Å². The normalized spacial score (nSPS) is 25.4. The van der Waals surface area contributed by atoms with Gasteiger partial charge in [-0.25, -0.2) is 0 Å². The zero-order chi connectivity index (χ0) is 11.4. The fourth-order valence-electron chi connectivity index (χ4n) is 2.04. The second kappa shape index (κ2) is 5.25. The third-order valence-electron chi connectivity index (χ3n) is 3.15. The minimum atomic E-state index is 0.314. The Kier molecular flexibility index (Phi) is 3.72. The molecule has 88 valence electrons. The van der Waals surface area contributed by atoms with Crippen LogP contribution in [0.2, 0.25) is 0 Å². The van der Waals surface area contributed by atoms with Gasteiger partial charge in [-0.15, -0.1) is 5.10 Å². The highest BCUT2D eigenvalue weighted by Crippen LogP contribution is 2.26. The van der Waals surface area contributed by atoms with E-state index in [2.05, 4.69) is 17.1 Å². The number of nitrogens with zero attached hydrogens (tertiary/aromatic N) is 2. The Morgan fingerprint density at radius 1 is 1.25 bits per heavy atom. The zero-order valence-electron chi connectivity index (χ0n) is 9.72. The minimum absolute atomic E-state index is 0.314. The summed E-state index contributed by atoms with van der Waals surface area (Å²) in [5.41, 5.74) is 6.25. The predicted octanol–water partition coefficient (Wildman–Crippen LogP) is 1.89. The Bertz CT molecular complexity index is 318. The summed E-state index contributed by atoms with van der Waals surface area (Å²) in [7, 11) is 0. The Hall–Kier alpha value is -1.16. The van der Waals surface area contributed by atoms with E-state index in [-0.39, 0.29) is 0 Å². The maximum absolute atomic E-state index is 5.79. The van der Waals surface area contributed by atoms with E-state index < -0.39 is 0 Å². The van der Waals surface area contributed by atoms with Crippen LogP contribution in [-0.2, 0) is 6.54 Å². The van der Waals surface area contributed by atoms with Crippen LogP contribution in [0.5, 0.6) is 5.88 Å². The van der Waals surface area contributed by atoms with Crippen LogP contribution in [0, 0.1) is 5.92 Å². The number of nitrogens with two attached hydrogens (primary N) is 1. The summed E-state index contributed by atoms with van der Waals surface area (Å²) < 4.78 is 5.79. The topological polar surface area (TPSA) is 61.0 Å². The molecule has 1 aliphatic rings. The average Bonchev–Trinajstić information content (AvgIpc) is 2.33. The lowest BCUT2D eigenvalue weighted by Gasteiger charge is -2.26. The summed E-state index contributed by atoms with van der Waals surface area (Å²) in [6.07, 6.45) is 5.07. The van der Waals surface area contributed by atoms with Crippen LogP contribution in [0.25, 0.3) is 0 Å². The standard InChI is InChI=1S/C12H19N3O/c1-9-2-5-11(6-3-9)16-12-7-4-10(8-13)14-15-12/h4,7,9,11H,2-3,5-6,8,13H2,1H3. The fourth-order valence-corrected chi connectivity index (χ4v) is 2.04. The molecule has 0 saturated heterocycles. The molecule has 0 atom stereocenters. The van der Waals surface area contributed by atoms with Crippen LogP contribution in [0.4, 0.5) is 0 Å². The lowest BCUT2D eigenvalue weighted by molar-refractivity contribution is 0.128. The van der Waals surface area contributed by atoms with Crippen molar-refractivity contribution in [3.63, 3.8) is 0 Å². The Labute approximate surface area is 96.2 Å². The van der Waals surface area contributed by atoms with E-state index in [0.717, 1.165) is 24.5 Å². The van der Waals surface area contributed by atoms with Crippen molar-refractivity contribution >= 4 is 0 Å². The van der Waals surface area contributed by atoms with Gasteiger partial charge in [0.1, 0.15) is 6.10 Å². The molecule has 1 aromatic heterocycles. The van der Waals surface area contributed by atoms with Crippen molar-refractivity contribution in [2.45, 2.75) is 45.3 Å². The van der Waals surface area contributed by atoms with Gasteiger partial charge in [0.15, 0.2) is 0 Å². The summed E-state index contributed by atoms with van der Waals surface area (Å²) in [5.74, 6) is 1.46. The quantitative estimate of drug-likeness (QED) is 0.846. The number of hydrogen-bond acceptors (Lipinski definition) is 4. The molecular formula is C12H19N3O. The van der Waals surface area contributed by atoms with Gasteiger partial charge in [0, 0.05) is 12.6 Å². The van der Waals surface area contributed by atoms with Crippen LogP contribution in [0.1, 0.15) is 38.3 Å². The number of aromatic nitrogens is 2. The van der Waals surface area contributed by atoms with Crippen molar-refractivity contribution < 1.29 is 4.74 Å². The fraction of sp³-hybridized carbons (Fsp3) is 0.667. The van der Waals surface area contributed by atoms with E-state index in [1.165, 1.54) is 12.8 Å². The molecule has 0 aromatic carbocycles. The number of hydrogen-bond donors (Lipinski definition) is 1. The molecule has 0 bridgehead atoms. The van der Waals surface area contributed by atoms with Crippen LogP contribution < -0.4 is 10.5 Å². The van der Waals surface area contributed by atoms with Gasteiger partial charge in [-0.1, -0.05) is 6.92 Å². The summed E-state index contributed by atoms with van der Waals surface area (Å²) in [6.45, 7) is 2.72. The van der Waals surface area contributed by atoms with Crippen LogP contribution in [0.3, 0.4) is 0 Å². The minimum Gasteiger partial charge on any atom is -0.473 e. The molecular weight excluding hydrogens is 202 g/mol. The highest BCUT2D eigenvalue weighted by molar-refractivity contribution is 5.11. The number of ether oxygens (including phenoxy) is 1. The van der Waals surface area contributed by atoms with Crippen molar-refractivity contribution in [2.75, 3.05) is 0 Å². The van der Waals surface area contributed by atoms with Crippen LogP contribution >= 0.6 is 0 Å². The molecule has 2 N–H and O–H groups in total. The van der Waals surface area contributed by atoms with E-state index in [1.54, 1.807) is 0 Å². The van der Waals surface area contributed by atoms with Gasteiger partial charge in [-0.05, 0) is 37.7 Å². The highest BCUT2D eigenvalue weighted by Gasteiger charge is 2.19. The van der Waals surface area contributed by atoms with Crippen molar-refractivity contribution in [3.05, 3.63) is 17.8 Å². The van der Waals surface area contributed by atoms with Crippen molar-refractivity contribution in [2.24, 2.45) is 11.7 Å². The van der Waals surface area contributed by atoms with E-state index in [9.17, 15) is 0 Å². The second-order valence-electron chi connectivity index (χ2n) is 4.57. The molecule has 0 spiro atoms. The van der Waals surface area contributed by atoms with Crippen molar-refractivity contribution in [3.8, 4) is 5.88 Å². The van der Waals surface area contributed by atoms with Crippen molar-refractivity contribution in [1.29, 1.82) is 0 Å². The molecule has 0 aliphatic heterocycles. The van der Waals surface area contributed by atoms with Crippen LogP contribution in [0.15, 0.2) is 12.1 Å². The van der Waals surface area contributed by atoms with Gasteiger partial charge < -0.3 is 10.5 Å². The highest BCUT2D eigenvalue weighted by atomic mass is 16.5. The summed E-state index contributed by atoms with van der Waals surface area (Å²) >= 11 is 0. The Balaban J connectivity index is 1.88. The van der Waals surface area contributed by atoms with Gasteiger partial charge in [0.05, 0.1) is 5.69 Å². The molecule has 0 radical (unpaired) electrons. The molecule has 1 fully saturated rings. The molecule has 16 heavy (non-hydrogen) atoms. The molecule has 2 rings (SSSR count). The average molecular weight is 221 g/mol. The van der Waals surface area contributed by atoms with E-state index in [4.69, 9.17) is 10.5 Å². The molecule has 4 heteroatoms. The Morgan fingerprint density at radius 3 is 2.56 bits per heavy atom. The van der Waals surface area contributed by atoms with E-state index in [1.807, 2.05) is 12.1 Å². The molecule has 4 nitrogen and oxygen atoms in total. The first-order chi connectivity index (χ1) is 7.78. The summed E-state index contributed by atoms with van der Waals surface area (Å²) in [5, 5.41) is 7.99. The third-order valence-corrected chi connectivity index (χ3v) is 3.15. The predicted molar refractivity (Wildman–Crippen MR) is 62.0 cm³/mol. The molecule has 1 saturated carbocycles. The summed E-state index contributed by atoms with van der Waals surface area (Å²) in [4.78, 5) is 0. The van der Waals surface area contributed by atoms with Crippen LogP contribution in [-0.4, -0.2) is 16.3 Å². The molecule has 0 unspecified atom stereocenters. The lowest BCUT2D eigenvalue weighted by atomic mass is 9.89. The largest absolute Gasteiger partial charge is 0.473 e. The van der Waals surface area contributed by atoms with Gasteiger partial charge in [-0.3, -0.25) is 0 Å². The molecule has 1 heterocycles. The van der Waals surface area contributed by atoms with E-state index >= 15 is 0 Å². The van der Waals surface area contributed by atoms with Gasteiger partial charge in [0.25, 0.3) is 0 Å². The summed E-state index contributed by atoms with van der Waals surface area (Å²) in [6, 6.07) is 3.72. The lowest BCUT2D eigenvalue weighted by Crippen LogP contribution is -2.23. The molecule has 1 aromatic rings. The van der Waals surface area contributed by atoms with Crippen molar-refractivity contribution in [1.82, 2.24) is 10.2 Å². The second-order valence-corrected chi connectivity index (χ2v) is 4.57. The zero-order valence-corrected chi connectivity index (χ0v) is 9.72. The first-order valence-corrected chi connectivity index (χ1v) is 5.97. The molecule has 1 aliphatic carbocycles.